The summed E-state index contributed by atoms with van der Waals surface area (Å²) in [6.45, 7) is 1.88. The lowest BCUT2D eigenvalue weighted by Gasteiger charge is -2.21. The fourth-order valence-electron chi connectivity index (χ4n) is 3.52. The lowest BCUT2D eigenvalue weighted by atomic mass is 9.87. The number of hydrogen-bond acceptors (Lipinski definition) is 4. The van der Waals surface area contributed by atoms with Gasteiger partial charge in [0.15, 0.2) is 5.76 Å². The van der Waals surface area contributed by atoms with Crippen molar-refractivity contribution in [1.82, 2.24) is 10.8 Å². The van der Waals surface area contributed by atoms with Crippen molar-refractivity contribution in [3.05, 3.63) is 47.7 Å². The zero-order chi connectivity index (χ0) is 17.5. The van der Waals surface area contributed by atoms with Crippen LogP contribution >= 0.6 is 0 Å². The summed E-state index contributed by atoms with van der Waals surface area (Å²) in [5.74, 6) is 0.953. The van der Waals surface area contributed by atoms with Crippen LogP contribution in [0.5, 0.6) is 0 Å². The monoisotopic (exact) mass is 342 g/mol. The molecular weight excluding hydrogens is 316 g/mol. The average Bonchev–Trinajstić information content (AvgIpc) is 3.16. The molecule has 0 aliphatic heterocycles. The second-order valence-corrected chi connectivity index (χ2v) is 6.77. The molecule has 1 aliphatic rings. The molecule has 1 amide bonds. The molecule has 1 saturated carbocycles. The van der Waals surface area contributed by atoms with Crippen molar-refractivity contribution in [2.45, 2.75) is 45.1 Å². The van der Waals surface area contributed by atoms with Crippen LogP contribution in [0.4, 0.5) is 0 Å². The number of hydrogen-bond donors (Lipinski definition) is 3. The molecule has 1 aromatic carbocycles. The van der Waals surface area contributed by atoms with Gasteiger partial charge in [0.2, 0.25) is 0 Å². The van der Waals surface area contributed by atoms with E-state index in [2.05, 4.69) is 17.4 Å². The summed E-state index contributed by atoms with van der Waals surface area (Å²) in [5, 5.41) is 12.2. The molecular formula is C20H26N2O3. The van der Waals surface area contributed by atoms with Crippen LogP contribution in [0.25, 0.3) is 11.3 Å². The number of carbonyl (C=O) groups excluding carboxylic acids is 1. The smallest absolute Gasteiger partial charge is 0.310 e. The minimum Gasteiger partial charge on any atom is -0.451 e. The van der Waals surface area contributed by atoms with Gasteiger partial charge in [-0.05, 0) is 42.6 Å². The fraction of sp³-hybridized carbons (Fsp3) is 0.450. The van der Waals surface area contributed by atoms with E-state index in [0.29, 0.717) is 5.76 Å². The Hall–Kier alpha value is -2.11. The number of amides is 1. The molecule has 0 unspecified atom stereocenters. The van der Waals surface area contributed by atoms with Crippen LogP contribution in [-0.4, -0.2) is 17.7 Å². The zero-order valence-corrected chi connectivity index (χ0v) is 14.5. The largest absolute Gasteiger partial charge is 0.451 e. The lowest BCUT2D eigenvalue weighted by molar-refractivity contribution is 0.0677. The van der Waals surface area contributed by atoms with Crippen molar-refractivity contribution < 1.29 is 14.4 Å². The molecule has 5 nitrogen and oxygen atoms in total. The predicted octanol–water partition coefficient (Wildman–Crippen LogP) is 4.13. The molecule has 134 valence electrons. The normalized spacial score (nSPS) is 15.2. The first-order chi connectivity index (χ1) is 12.3. The summed E-state index contributed by atoms with van der Waals surface area (Å²) in [7, 11) is 0. The topological polar surface area (TPSA) is 74.5 Å². The lowest BCUT2D eigenvalue weighted by Crippen LogP contribution is -2.19. The van der Waals surface area contributed by atoms with Crippen molar-refractivity contribution in [3.63, 3.8) is 0 Å². The van der Waals surface area contributed by atoms with Gasteiger partial charge < -0.3 is 9.73 Å². The van der Waals surface area contributed by atoms with E-state index >= 15 is 0 Å². The Bertz CT molecular complexity index is 690. The minimum atomic E-state index is -0.646. The third-order valence-electron chi connectivity index (χ3n) is 4.93. The van der Waals surface area contributed by atoms with E-state index in [4.69, 9.17) is 9.62 Å². The Labute approximate surface area is 148 Å². The van der Waals surface area contributed by atoms with E-state index in [0.717, 1.165) is 24.6 Å². The summed E-state index contributed by atoms with van der Waals surface area (Å²) < 4.78 is 5.49. The molecule has 5 heteroatoms. The van der Waals surface area contributed by atoms with Gasteiger partial charge in [0, 0.05) is 12.1 Å². The number of rotatable bonds is 7. The summed E-state index contributed by atoms with van der Waals surface area (Å²) in [6.07, 6.45) is 8.24. The number of carbonyl (C=O) groups is 1. The molecule has 0 spiro atoms. The summed E-state index contributed by atoms with van der Waals surface area (Å²) in [6, 6.07) is 11.4. The predicted molar refractivity (Wildman–Crippen MR) is 96.3 cm³/mol. The second-order valence-electron chi connectivity index (χ2n) is 6.77. The van der Waals surface area contributed by atoms with Gasteiger partial charge in [0.1, 0.15) is 5.76 Å². The van der Waals surface area contributed by atoms with Crippen molar-refractivity contribution in [2.24, 2.45) is 5.92 Å². The highest BCUT2D eigenvalue weighted by molar-refractivity contribution is 5.91. The van der Waals surface area contributed by atoms with E-state index in [1.54, 1.807) is 17.6 Å². The molecule has 0 bridgehead atoms. The van der Waals surface area contributed by atoms with Crippen molar-refractivity contribution in [2.75, 3.05) is 6.54 Å². The highest BCUT2D eigenvalue weighted by atomic mass is 16.5. The Morgan fingerprint density at radius 2 is 2.00 bits per heavy atom. The molecule has 1 fully saturated rings. The first-order valence-corrected chi connectivity index (χ1v) is 9.10. The van der Waals surface area contributed by atoms with Crippen LogP contribution in [0.1, 0.15) is 54.6 Å². The Balaban J connectivity index is 1.52. The van der Waals surface area contributed by atoms with Gasteiger partial charge in [0.05, 0.1) is 0 Å². The van der Waals surface area contributed by atoms with Crippen LogP contribution in [0.15, 0.2) is 40.8 Å². The molecule has 1 heterocycles. The van der Waals surface area contributed by atoms with E-state index < -0.39 is 5.91 Å². The van der Waals surface area contributed by atoms with Crippen molar-refractivity contribution >= 4 is 5.91 Å². The van der Waals surface area contributed by atoms with E-state index in [1.165, 1.54) is 44.1 Å². The maximum Gasteiger partial charge on any atom is 0.310 e. The number of hydroxylamine groups is 1. The Kier molecular flexibility index (Phi) is 6.25. The van der Waals surface area contributed by atoms with Crippen molar-refractivity contribution in [1.29, 1.82) is 0 Å². The molecule has 0 atom stereocenters. The average molecular weight is 342 g/mol. The summed E-state index contributed by atoms with van der Waals surface area (Å²) in [4.78, 5) is 11.4. The fourth-order valence-corrected chi connectivity index (χ4v) is 3.52. The summed E-state index contributed by atoms with van der Waals surface area (Å²) >= 11 is 0. The van der Waals surface area contributed by atoms with Gasteiger partial charge in [-0.25, -0.2) is 5.48 Å². The van der Waals surface area contributed by atoms with Crippen molar-refractivity contribution in [3.8, 4) is 11.3 Å². The highest BCUT2D eigenvalue weighted by Gasteiger charge is 2.13. The summed E-state index contributed by atoms with van der Waals surface area (Å²) in [5.41, 5.74) is 3.68. The van der Waals surface area contributed by atoms with E-state index in [1.807, 2.05) is 12.1 Å². The molecule has 3 rings (SSSR count). The first kappa shape index (κ1) is 17.7. The van der Waals surface area contributed by atoms with Gasteiger partial charge in [-0.15, -0.1) is 0 Å². The molecule has 0 saturated heterocycles. The maximum atomic E-state index is 11.4. The number of benzene rings is 1. The molecule has 25 heavy (non-hydrogen) atoms. The van der Waals surface area contributed by atoms with Gasteiger partial charge in [-0.1, -0.05) is 50.3 Å². The Morgan fingerprint density at radius 3 is 2.80 bits per heavy atom. The third kappa shape index (κ3) is 4.94. The van der Waals surface area contributed by atoms with Crippen LogP contribution in [-0.2, 0) is 6.54 Å². The van der Waals surface area contributed by atoms with E-state index in [9.17, 15) is 4.79 Å². The van der Waals surface area contributed by atoms with E-state index in [-0.39, 0.29) is 5.76 Å². The number of furan rings is 1. The second kappa shape index (κ2) is 8.83. The molecule has 2 aromatic rings. The first-order valence-electron chi connectivity index (χ1n) is 9.10. The molecule has 1 aromatic heterocycles. The molecule has 3 N–H and O–H groups in total. The molecule has 0 radical (unpaired) electrons. The molecule has 1 aliphatic carbocycles. The van der Waals surface area contributed by atoms with Gasteiger partial charge in [0.25, 0.3) is 0 Å². The highest BCUT2D eigenvalue weighted by Crippen LogP contribution is 2.26. The standard InChI is InChI=1S/C20H26N2O3/c23-20(22-24)19-10-9-18(25-19)17-8-4-7-16(13-17)14-21-12-11-15-5-2-1-3-6-15/h4,7-10,13,15,21,24H,1-3,5-6,11-12,14H2,(H,22,23). The van der Waals surface area contributed by atoms with Gasteiger partial charge in [-0.2, -0.15) is 0 Å². The maximum absolute atomic E-state index is 11.4. The van der Waals surface area contributed by atoms with Crippen LogP contribution in [0, 0.1) is 5.92 Å². The van der Waals surface area contributed by atoms with Crippen LogP contribution in [0.2, 0.25) is 0 Å². The van der Waals surface area contributed by atoms with Gasteiger partial charge >= 0.3 is 5.91 Å². The quantitative estimate of drug-likeness (QED) is 0.402. The van der Waals surface area contributed by atoms with Crippen LogP contribution < -0.4 is 10.8 Å². The van der Waals surface area contributed by atoms with Gasteiger partial charge in [-0.3, -0.25) is 10.0 Å². The Morgan fingerprint density at radius 1 is 1.16 bits per heavy atom. The SMILES string of the molecule is O=C(NO)c1ccc(-c2cccc(CNCCC3CCCCC3)c2)o1. The van der Waals surface area contributed by atoms with Crippen LogP contribution in [0.3, 0.4) is 0 Å². The zero-order valence-electron chi connectivity index (χ0n) is 14.5. The third-order valence-corrected chi connectivity index (χ3v) is 4.93. The minimum absolute atomic E-state index is 0.0912. The number of nitrogens with one attached hydrogen (secondary N) is 2.